The molecule has 4 rings (SSSR count). The van der Waals surface area contributed by atoms with Crippen molar-refractivity contribution in [1.29, 1.82) is 0 Å². The molecule has 0 bridgehead atoms. The molecule has 27 heavy (non-hydrogen) atoms. The number of aromatic nitrogens is 4. The lowest BCUT2D eigenvalue weighted by molar-refractivity contribution is 0.0679. The van der Waals surface area contributed by atoms with Crippen LogP contribution >= 0.6 is 0 Å². The molecule has 1 fully saturated rings. The van der Waals surface area contributed by atoms with Gasteiger partial charge in [0.2, 0.25) is 0 Å². The fraction of sp³-hybridized carbons (Fsp3) is 0.263. The summed E-state index contributed by atoms with van der Waals surface area (Å²) in [5.41, 5.74) is 2.06. The summed E-state index contributed by atoms with van der Waals surface area (Å²) in [6.07, 6.45) is 3.80. The number of anilines is 1. The van der Waals surface area contributed by atoms with E-state index in [4.69, 9.17) is 9.47 Å². The smallest absolute Gasteiger partial charge is 0.255 e. The second-order valence-electron chi connectivity index (χ2n) is 6.23. The van der Waals surface area contributed by atoms with Gasteiger partial charge in [0.25, 0.3) is 5.91 Å². The maximum atomic E-state index is 12.4. The molecule has 0 saturated carbocycles. The van der Waals surface area contributed by atoms with Crippen molar-refractivity contribution in [2.75, 3.05) is 18.5 Å². The molecular formula is C19H19N5O3. The molecule has 138 valence electrons. The second kappa shape index (κ2) is 7.96. The van der Waals surface area contributed by atoms with Crippen molar-refractivity contribution < 1.29 is 14.3 Å². The SMILES string of the molecule is O=C(Nc1ccc(-n2cnnn2)cc1)c1ccc(OC[C@@H]2CCCO2)cc1. The van der Waals surface area contributed by atoms with Gasteiger partial charge in [0, 0.05) is 17.9 Å². The monoisotopic (exact) mass is 365 g/mol. The normalized spacial score (nSPS) is 16.2. The van der Waals surface area contributed by atoms with Gasteiger partial charge in [0.05, 0.1) is 11.8 Å². The Morgan fingerprint density at radius 3 is 2.67 bits per heavy atom. The van der Waals surface area contributed by atoms with Gasteiger partial charge in [-0.05, 0) is 71.8 Å². The predicted octanol–water partition coefficient (Wildman–Crippen LogP) is 2.47. The summed E-state index contributed by atoms with van der Waals surface area (Å²) in [6.45, 7) is 1.35. The number of ether oxygens (including phenoxy) is 2. The van der Waals surface area contributed by atoms with Crippen molar-refractivity contribution >= 4 is 11.6 Å². The van der Waals surface area contributed by atoms with Gasteiger partial charge in [-0.15, -0.1) is 5.10 Å². The Labute approximate surface area is 156 Å². The highest BCUT2D eigenvalue weighted by Gasteiger charge is 2.16. The first-order valence-electron chi connectivity index (χ1n) is 8.77. The maximum absolute atomic E-state index is 12.4. The first-order chi connectivity index (χ1) is 13.3. The molecule has 0 aliphatic carbocycles. The molecule has 2 heterocycles. The van der Waals surface area contributed by atoms with Crippen LogP contribution in [0.1, 0.15) is 23.2 Å². The molecule has 1 aliphatic heterocycles. The predicted molar refractivity (Wildman–Crippen MR) is 98.0 cm³/mol. The molecule has 1 atom stereocenters. The molecule has 1 saturated heterocycles. The highest BCUT2D eigenvalue weighted by Crippen LogP contribution is 2.18. The molecule has 8 heteroatoms. The standard InChI is InChI=1S/C19H19N5O3/c25-19(21-15-5-7-16(8-6-15)24-13-20-22-23-24)14-3-9-17(10-4-14)27-12-18-2-1-11-26-18/h3-10,13,18H,1-2,11-12H2,(H,21,25)/t18-/m0/s1. The number of rotatable bonds is 6. The van der Waals surface area contributed by atoms with Crippen LogP contribution in [0.5, 0.6) is 5.75 Å². The summed E-state index contributed by atoms with van der Waals surface area (Å²) < 4.78 is 12.8. The van der Waals surface area contributed by atoms with Gasteiger partial charge in [-0.1, -0.05) is 0 Å². The summed E-state index contributed by atoms with van der Waals surface area (Å²) >= 11 is 0. The lowest BCUT2D eigenvalue weighted by atomic mass is 10.2. The minimum atomic E-state index is -0.184. The van der Waals surface area contributed by atoms with Gasteiger partial charge >= 0.3 is 0 Å². The van der Waals surface area contributed by atoms with E-state index in [1.807, 2.05) is 12.1 Å². The van der Waals surface area contributed by atoms with Gasteiger partial charge in [-0.2, -0.15) is 0 Å². The molecule has 3 aromatic rings. The van der Waals surface area contributed by atoms with Crippen molar-refractivity contribution in [2.24, 2.45) is 0 Å². The first kappa shape index (κ1) is 17.2. The molecule has 0 radical (unpaired) electrons. The minimum absolute atomic E-state index is 0.171. The van der Waals surface area contributed by atoms with E-state index in [0.717, 1.165) is 30.9 Å². The van der Waals surface area contributed by atoms with Crippen molar-refractivity contribution in [2.45, 2.75) is 18.9 Å². The van der Waals surface area contributed by atoms with Crippen molar-refractivity contribution in [1.82, 2.24) is 20.2 Å². The first-order valence-corrected chi connectivity index (χ1v) is 8.77. The van der Waals surface area contributed by atoms with Crippen molar-refractivity contribution in [3.8, 4) is 11.4 Å². The lowest BCUT2D eigenvalue weighted by Crippen LogP contribution is -2.16. The Bertz CT molecular complexity index is 873. The lowest BCUT2D eigenvalue weighted by Gasteiger charge is -2.12. The highest BCUT2D eigenvalue weighted by atomic mass is 16.5. The van der Waals surface area contributed by atoms with Gasteiger partial charge in [-0.25, -0.2) is 4.68 Å². The maximum Gasteiger partial charge on any atom is 0.255 e. The number of tetrazole rings is 1. The molecule has 1 amide bonds. The van der Waals surface area contributed by atoms with E-state index >= 15 is 0 Å². The number of nitrogens with zero attached hydrogens (tertiary/aromatic N) is 4. The largest absolute Gasteiger partial charge is 0.491 e. The zero-order valence-corrected chi connectivity index (χ0v) is 14.6. The minimum Gasteiger partial charge on any atom is -0.491 e. The number of carbonyl (C=O) groups is 1. The van der Waals surface area contributed by atoms with Crippen LogP contribution in [0, 0.1) is 0 Å². The second-order valence-corrected chi connectivity index (χ2v) is 6.23. The Morgan fingerprint density at radius 2 is 2.00 bits per heavy atom. The molecule has 2 aromatic carbocycles. The quantitative estimate of drug-likeness (QED) is 0.722. The number of benzene rings is 2. The van der Waals surface area contributed by atoms with Crippen molar-refractivity contribution in [3.05, 3.63) is 60.4 Å². The Kier molecular flexibility index (Phi) is 5.06. The van der Waals surface area contributed by atoms with Crippen molar-refractivity contribution in [3.63, 3.8) is 0 Å². The number of hydrogen-bond acceptors (Lipinski definition) is 6. The summed E-state index contributed by atoms with van der Waals surface area (Å²) in [6, 6.07) is 14.3. The van der Waals surface area contributed by atoms with E-state index in [9.17, 15) is 4.79 Å². The average molecular weight is 365 g/mol. The molecule has 1 aliphatic rings. The fourth-order valence-corrected chi connectivity index (χ4v) is 2.85. The van der Waals surface area contributed by atoms with E-state index in [-0.39, 0.29) is 12.0 Å². The molecule has 1 aromatic heterocycles. The highest BCUT2D eigenvalue weighted by molar-refractivity contribution is 6.04. The van der Waals surface area contributed by atoms with Gasteiger partial charge in [-0.3, -0.25) is 4.79 Å². The third-order valence-corrected chi connectivity index (χ3v) is 4.32. The van der Waals surface area contributed by atoms with Crippen LogP contribution in [-0.4, -0.2) is 45.4 Å². The van der Waals surface area contributed by atoms with Crippen LogP contribution in [0.15, 0.2) is 54.9 Å². The van der Waals surface area contributed by atoms with Crippen LogP contribution in [-0.2, 0) is 4.74 Å². The number of hydrogen-bond donors (Lipinski definition) is 1. The van der Waals surface area contributed by atoms with Gasteiger partial charge < -0.3 is 14.8 Å². The summed E-state index contributed by atoms with van der Waals surface area (Å²) in [4.78, 5) is 12.4. The Balaban J connectivity index is 1.33. The third kappa shape index (κ3) is 4.29. The zero-order chi connectivity index (χ0) is 18.5. The number of carbonyl (C=O) groups excluding carboxylic acids is 1. The van der Waals surface area contributed by atoms with E-state index in [0.29, 0.717) is 17.9 Å². The Morgan fingerprint density at radius 1 is 1.19 bits per heavy atom. The van der Waals surface area contributed by atoms with Crippen LogP contribution in [0.3, 0.4) is 0 Å². The number of amides is 1. The molecule has 0 unspecified atom stereocenters. The third-order valence-electron chi connectivity index (χ3n) is 4.32. The van der Waals surface area contributed by atoms with Gasteiger partial charge in [0.15, 0.2) is 0 Å². The van der Waals surface area contributed by atoms with E-state index in [2.05, 4.69) is 20.8 Å². The Hall–Kier alpha value is -3.26. The molecule has 8 nitrogen and oxygen atoms in total. The molecular weight excluding hydrogens is 346 g/mol. The average Bonchev–Trinajstić information content (AvgIpc) is 3.41. The summed E-state index contributed by atoms with van der Waals surface area (Å²) in [5, 5.41) is 13.9. The van der Waals surface area contributed by atoms with Crippen LogP contribution in [0.2, 0.25) is 0 Å². The molecule has 0 spiro atoms. The van der Waals surface area contributed by atoms with Crippen LogP contribution in [0.4, 0.5) is 5.69 Å². The number of nitrogens with one attached hydrogen (secondary N) is 1. The van der Waals surface area contributed by atoms with E-state index < -0.39 is 0 Å². The van der Waals surface area contributed by atoms with E-state index in [1.54, 1.807) is 41.1 Å². The molecule has 1 N–H and O–H groups in total. The summed E-state index contributed by atoms with van der Waals surface area (Å²) in [5.74, 6) is 0.545. The van der Waals surface area contributed by atoms with E-state index in [1.165, 1.54) is 6.33 Å². The topological polar surface area (TPSA) is 91.2 Å². The fourth-order valence-electron chi connectivity index (χ4n) is 2.85. The summed E-state index contributed by atoms with van der Waals surface area (Å²) in [7, 11) is 0. The van der Waals surface area contributed by atoms with Gasteiger partial charge in [0.1, 0.15) is 18.7 Å². The van der Waals surface area contributed by atoms with Crippen LogP contribution < -0.4 is 10.1 Å². The zero-order valence-electron chi connectivity index (χ0n) is 14.6. The van der Waals surface area contributed by atoms with Crippen LogP contribution in [0.25, 0.3) is 5.69 Å².